The fourth-order valence-corrected chi connectivity index (χ4v) is 1.32. The number of hydrogen-bond acceptors (Lipinski definition) is 3. The molecule has 1 heterocycles. The average Bonchev–Trinajstić information content (AvgIpc) is 2.51. The zero-order valence-corrected chi connectivity index (χ0v) is 10.1. The third-order valence-electron chi connectivity index (χ3n) is 2.00. The van der Waals surface area contributed by atoms with Gasteiger partial charge in [-0.25, -0.2) is 4.98 Å². The predicted octanol–water partition coefficient (Wildman–Crippen LogP) is 1.42. The fourth-order valence-electron chi connectivity index (χ4n) is 1.32. The van der Waals surface area contributed by atoms with E-state index in [1.165, 1.54) is 0 Å². The van der Waals surface area contributed by atoms with Gasteiger partial charge in [0.15, 0.2) is 0 Å². The van der Waals surface area contributed by atoms with Crippen LogP contribution in [0.15, 0.2) is 12.4 Å². The summed E-state index contributed by atoms with van der Waals surface area (Å²) in [6.07, 6.45) is 3.81. The van der Waals surface area contributed by atoms with Crippen LogP contribution < -0.4 is 5.32 Å². The number of nitrogens with one attached hydrogen (secondary N) is 1. The molecule has 0 unspecified atom stereocenters. The molecule has 0 radical (unpaired) electrons. The first-order valence-corrected chi connectivity index (χ1v) is 5.31. The van der Waals surface area contributed by atoms with Crippen LogP contribution in [0.2, 0.25) is 0 Å². The topological polar surface area (TPSA) is 39.1 Å². The molecule has 0 aliphatic rings. The molecule has 0 atom stereocenters. The summed E-state index contributed by atoms with van der Waals surface area (Å²) in [4.78, 5) is 4.27. The summed E-state index contributed by atoms with van der Waals surface area (Å²) in [6.45, 7) is 8.56. The molecule has 0 aliphatic carbocycles. The van der Waals surface area contributed by atoms with Gasteiger partial charge in [0.1, 0.15) is 5.82 Å². The molecule has 1 rings (SSSR count). The lowest BCUT2D eigenvalue weighted by Crippen LogP contribution is -2.22. The largest absolute Gasteiger partial charge is 0.374 e. The minimum atomic E-state index is -0.0657. The van der Waals surface area contributed by atoms with Gasteiger partial charge in [0.05, 0.1) is 18.8 Å². The highest BCUT2D eigenvalue weighted by atomic mass is 16.5. The molecular weight excluding hydrogens is 190 g/mol. The van der Waals surface area contributed by atoms with Gasteiger partial charge in [-0.1, -0.05) is 0 Å². The Bertz CT molecular complexity index is 288. The van der Waals surface area contributed by atoms with Crippen LogP contribution in [0.1, 0.15) is 26.6 Å². The Morgan fingerprint density at radius 3 is 2.80 bits per heavy atom. The first-order chi connectivity index (χ1) is 7.03. The lowest BCUT2D eigenvalue weighted by Gasteiger charge is -2.20. The molecule has 0 aromatic carbocycles. The van der Waals surface area contributed by atoms with Gasteiger partial charge in [-0.2, -0.15) is 0 Å². The molecular formula is C11H21N3O. The Hall–Kier alpha value is -0.870. The van der Waals surface area contributed by atoms with Crippen LogP contribution in [-0.2, 0) is 17.8 Å². The fraction of sp³-hybridized carbons (Fsp3) is 0.727. The Balaban J connectivity index is 2.40. The number of hydrogen-bond donors (Lipinski definition) is 1. The number of ether oxygens (including phenoxy) is 1. The molecule has 86 valence electrons. The maximum absolute atomic E-state index is 5.67. The minimum Gasteiger partial charge on any atom is -0.374 e. The van der Waals surface area contributed by atoms with Gasteiger partial charge in [-0.05, 0) is 27.8 Å². The lowest BCUT2D eigenvalue weighted by atomic mass is 10.2. The molecule has 0 aliphatic heterocycles. The van der Waals surface area contributed by atoms with E-state index in [1.807, 2.05) is 19.4 Å². The van der Waals surface area contributed by atoms with Crippen molar-refractivity contribution >= 4 is 0 Å². The summed E-state index contributed by atoms with van der Waals surface area (Å²) in [5.74, 6) is 1.05. The molecule has 0 saturated heterocycles. The summed E-state index contributed by atoms with van der Waals surface area (Å²) in [5.41, 5.74) is -0.0657. The first-order valence-electron chi connectivity index (χ1n) is 5.31. The van der Waals surface area contributed by atoms with Crippen molar-refractivity contribution in [3.05, 3.63) is 18.2 Å². The third kappa shape index (κ3) is 4.44. The molecule has 15 heavy (non-hydrogen) atoms. The second-order valence-electron chi connectivity index (χ2n) is 4.53. The van der Waals surface area contributed by atoms with Gasteiger partial charge in [-0.3, -0.25) is 0 Å². The number of rotatable bonds is 5. The van der Waals surface area contributed by atoms with Gasteiger partial charge < -0.3 is 14.6 Å². The maximum Gasteiger partial charge on any atom is 0.122 e. The van der Waals surface area contributed by atoms with Crippen molar-refractivity contribution in [2.75, 3.05) is 13.7 Å². The Morgan fingerprint density at radius 2 is 2.20 bits per heavy atom. The van der Waals surface area contributed by atoms with Gasteiger partial charge in [0.25, 0.3) is 0 Å². The molecule has 1 aromatic heterocycles. The standard InChI is InChI=1S/C11H21N3O/c1-11(2,3)15-8-7-14-6-5-13-10(14)9-12-4/h5-6,12H,7-9H2,1-4H3. The highest BCUT2D eigenvalue weighted by Crippen LogP contribution is 2.07. The van der Waals surface area contributed by atoms with Gasteiger partial charge in [0.2, 0.25) is 0 Å². The number of imidazole rings is 1. The summed E-state index contributed by atoms with van der Waals surface area (Å²) in [7, 11) is 1.92. The average molecular weight is 211 g/mol. The summed E-state index contributed by atoms with van der Waals surface area (Å²) >= 11 is 0. The minimum absolute atomic E-state index is 0.0657. The van der Waals surface area contributed by atoms with Crippen LogP contribution in [0, 0.1) is 0 Å². The van der Waals surface area contributed by atoms with Gasteiger partial charge in [0, 0.05) is 18.9 Å². The van der Waals surface area contributed by atoms with E-state index in [4.69, 9.17) is 4.74 Å². The van der Waals surface area contributed by atoms with Crippen LogP contribution in [0.4, 0.5) is 0 Å². The monoisotopic (exact) mass is 211 g/mol. The molecule has 4 heteroatoms. The third-order valence-corrected chi connectivity index (χ3v) is 2.00. The van der Waals surface area contributed by atoms with E-state index in [0.717, 1.165) is 25.5 Å². The second kappa shape index (κ2) is 5.28. The zero-order valence-electron chi connectivity index (χ0n) is 10.1. The number of aromatic nitrogens is 2. The van der Waals surface area contributed by atoms with Gasteiger partial charge >= 0.3 is 0 Å². The maximum atomic E-state index is 5.67. The van der Waals surface area contributed by atoms with Crippen LogP contribution >= 0.6 is 0 Å². The summed E-state index contributed by atoms with van der Waals surface area (Å²) < 4.78 is 7.78. The van der Waals surface area contributed by atoms with E-state index >= 15 is 0 Å². The van der Waals surface area contributed by atoms with E-state index in [9.17, 15) is 0 Å². The van der Waals surface area contributed by atoms with Crippen molar-refractivity contribution in [1.29, 1.82) is 0 Å². The lowest BCUT2D eigenvalue weighted by molar-refractivity contribution is -0.00708. The zero-order chi connectivity index (χ0) is 11.3. The Kier molecular flexibility index (Phi) is 4.29. The second-order valence-corrected chi connectivity index (χ2v) is 4.53. The van der Waals surface area contributed by atoms with Crippen molar-refractivity contribution in [2.45, 2.75) is 39.5 Å². The number of nitrogens with zero attached hydrogens (tertiary/aromatic N) is 2. The van der Waals surface area contributed by atoms with Crippen molar-refractivity contribution in [1.82, 2.24) is 14.9 Å². The first kappa shape index (κ1) is 12.2. The molecule has 1 N–H and O–H groups in total. The molecule has 0 fully saturated rings. The van der Waals surface area contributed by atoms with Crippen molar-refractivity contribution in [3.63, 3.8) is 0 Å². The summed E-state index contributed by atoms with van der Waals surface area (Å²) in [6, 6.07) is 0. The quantitative estimate of drug-likeness (QED) is 0.800. The normalized spacial score (nSPS) is 12.0. The van der Waals surface area contributed by atoms with Crippen LogP contribution in [0.3, 0.4) is 0 Å². The van der Waals surface area contributed by atoms with E-state index in [2.05, 4.69) is 35.6 Å². The SMILES string of the molecule is CNCc1nccn1CCOC(C)(C)C. The van der Waals surface area contributed by atoms with Crippen molar-refractivity contribution in [2.24, 2.45) is 0 Å². The van der Waals surface area contributed by atoms with Crippen LogP contribution in [0.5, 0.6) is 0 Å². The van der Waals surface area contributed by atoms with Crippen LogP contribution in [-0.4, -0.2) is 28.8 Å². The summed E-state index contributed by atoms with van der Waals surface area (Å²) in [5, 5.41) is 3.09. The van der Waals surface area contributed by atoms with E-state index < -0.39 is 0 Å². The van der Waals surface area contributed by atoms with E-state index in [-0.39, 0.29) is 5.60 Å². The molecule has 4 nitrogen and oxygen atoms in total. The Labute approximate surface area is 91.7 Å². The molecule has 0 amide bonds. The van der Waals surface area contributed by atoms with Crippen LogP contribution in [0.25, 0.3) is 0 Å². The highest BCUT2D eigenvalue weighted by Gasteiger charge is 2.09. The van der Waals surface area contributed by atoms with Crippen molar-refractivity contribution < 1.29 is 4.74 Å². The van der Waals surface area contributed by atoms with E-state index in [0.29, 0.717) is 0 Å². The van der Waals surface area contributed by atoms with Gasteiger partial charge in [-0.15, -0.1) is 0 Å². The molecule has 0 bridgehead atoms. The Morgan fingerprint density at radius 1 is 1.47 bits per heavy atom. The molecule has 1 aromatic rings. The van der Waals surface area contributed by atoms with E-state index in [1.54, 1.807) is 0 Å². The molecule has 0 spiro atoms. The predicted molar refractivity (Wildman–Crippen MR) is 60.7 cm³/mol. The smallest absolute Gasteiger partial charge is 0.122 e. The van der Waals surface area contributed by atoms with Crippen molar-refractivity contribution in [3.8, 4) is 0 Å². The highest BCUT2D eigenvalue weighted by molar-refractivity contribution is 4.91. The molecule has 0 saturated carbocycles.